The monoisotopic (exact) mass is 246 g/mol. The summed E-state index contributed by atoms with van der Waals surface area (Å²) in [5.41, 5.74) is 0. The number of ether oxygens (including phenoxy) is 1. The number of hydrogen-bond acceptors (Lipinski definition) is 3. The van der Waals surface area contributed by atoms with Crippen molar-refractivity contribution in [3.8, 4) is 0 Å². The zero-order valence-corrected chi connectivity index (χ0v) is 8.81. The first-order chi connectivity index (χ1) is 5.77. The lowest BCUT2D eigenvalue weighted by Gasteiger charge is -1.86. The maximum atomic E-state index is 10.4. The van der Waals surface area contributed by atoms with Gasteiger partial charge in [-0.3, -0.25) is 4.79 Å². The molecular weight excluding hydrogens is 240 g/mol. The Labute approximate surface area is 83.0 Å². The van der Waals surface area contributed by atoms with Gasteiger partial charge in [-0.1, -0.05) is 0 Å². The van der Waals surface area contributed by atoms with Gasteiger partial charge in [-0.05, 0) is 28.1 Å². The number of rotatable bonds is 3. The van der Waals surface area contributed by atoms with Crippen LogP contribution in [-0.4, -0.2) is 13.4 Å². The van der Waals surface area contributed by atoms with E-state index in [0.29, 0.717) is 4.88 Å². The first kappa shape index (κ1) is 9.48. The van der Waals surface area contributed by atoms with Crippen LogP contribution in [0, 0.1) is 0 Å². The van der Waals surface area contributed by atoms with Gasteiger partial charge < -0.3 is 4.74 Å². The highest BCUT2D eigenvalue weighted by molar-refractivity contribution is 9.10. The van der Waals surface area contributed by atoms with Crippen molar-refractivity contribution in [3.05, 3.63) is 26.6 Å². The standard InChI is InChI=1S/C8H7BrO2S/c1-11-3-2-8-7(9)4-6(5-10)12-8/h2-5H,1H3/b3-2+. The number of hydrogen-bond donors (Lipinski definition) is 0. The normalized spacial score (nSPS) is 10.5. The van der Waals surface area contributed by atoms with Gasteiger partial charge in [0.1, 0.15) is 0 Å². The first-order valence-electron chi connectivity index (χ1n) is 3.21. The molecule has 64 valence electrons. The second-order valence-electron chi connectivity index (χ2n) is 2.02. The lowest BCUT2D eigenvalue weighted by Crippen LogP contribution is -1.64. The van der Waals surface area contributed by atoms with E-state index in [4.69, 9.17) is 4.74 Å². The topological polar surface area (TPSA) is 26.3 Å². The molecule has 0 unspecified atom stereocenters. The van der Waals surface area contributed by atoms with E-state index in [1.165, 1.54) is 11.3 Å². The molecule has 0 amide bonds. The lowest BCUT2D eigenvalue weighted by molar-refractivity contribution is 0.112. The molecule has 1 aromatic heterocycles. The number of aldehydes is 1. The van der Waals surface area contributed by atoms with Gasteiger partial charge in [0.2, 0.25) is 0 Å². The molecule has 4 heteroatoms. The van der Waals surface area contributed by atoms with Crippen molar-refractivity contribution in [1.29, 1.82) is 0 Å². The zero-order valence-electron chi connectivity index (χ0n) is 6.41. The molecule has 1 heterocycles. The molecule has 0 aliphatic carbocycles. The van der Waals surface area contributed by atoms with Gasteiger partial charge in [0, 0.05) is 9.35 Å². The molecular formula is C8H7BrO2S. The van der Waals surface area contributed by atoms with Gasteiger partial charge in [-0.15, -0.1) is 11.3 Å². The molecule has 0 aliphatic heterocycles. The van der Waals surface area contributed by atoms with Crippen LogP contribution >= 0.6 is 27.3 Å². The van der Waals surface area contributed by atoms with Gasteiger partial charge in [-0.25, -0.2) is 0 Å². The van der Waals surface area contributed by atoms with E-state index >= 15 is 0 Å². The third-order valence-electron chi connectivity index (χ3n) is 1.20. The van der Waals surface area contributed by atoms with Crippen LogP contribution in [0.1, 0.15) is 14.5 Å². The van der Waals surface area contributed by atoms with E-state index in [2.05, 4.69) is 15.9 Å². The third kappa shape index (κ3) is 2.19. The van der Waals surface area contributed by atoms with E-state index in [1.807, 2.05) is 6.08 Å². The minimum atomic E-state index is 0.706. The zero-order chi connectivity index (χ0) is 8.97. The second-order valence-corrected chi connectivity index (χ2v) is 3.99. The Kier molecular flexibility index (Phi) is 3.49. The van der Waals surface area contributed by atoms with E-state index in [-0.39, 0.29) is 0 Å². The lowest BCUT2D eigenvalue weighted by atomic mass is 10.4. The Hall–Kier alpha value is -0.610. The van der Waals surface area contributed by atoms with Crippen LogP contribution in [-0.2, 0) is 4.74 Å². The molecule has 0 spiro atoms. The molecule has 0 fully saturated rings. The van der Waals surface area contributed by atoms with Gasteiger partial charge in [0.05, 0.1) is 18.2 Å². The van der Waals surface area contributed by atoms with Crippen LogP contribution < -0.4 is 0 Å². The molecule has 0 radical (unpaired) electrons. The van der Waals surface area contributed by atoms with Gasteiger partial charge in [0.15, 0.2) is 6.29 Å². The van der Waals surface area contributed by atoms with E-state index < -0.39 is 0 Å². The number of methoxy groups -OCH3 is 1. The SMILES string of the molecule is CO/C=C/c1sc(C=O)cc1Br. The molecule has 1 rings (SSSR count). The Morgan fingerprint density at radius 3 is 2.92 bits per heavy atom. The number of thiophene rings is 1. The van der Waals surface area contributed by atoms with Crippen molar-refractivity contribution in [3.63, 3.8) is 0 Å². The quantitative estimate of drug-likeness (QED) is 0.606. The van der Waals surface area contributed by atoms with Crippen LogP contribution in [0.15, 0.2) is 16.8 Å². The summed E-state index contributed by atoms with van der Waals surface area (Å²) in [6, 6.07) is 1.78. The summed E-state index contributed by atoms with van der Waals surface area (Å²) in [4.78, 5) is 12.1. The molecule has 0 bridgehead atoms. The summed E-state index contributed by atoms with van der Waals surface area (Å²) < 4.78 is 5.68. The van der Waals surface area contributed by atoms with Crippen LogP contribution in [0.2, 0.25) is 0 Å². The minimum absolute atomic E-state index is 0.706. The van der Waals surface area contributed by atoms with Crippen molar-refractivity contribution in [2.45, 2.75) is 0 Å². The molecule has 12 heavy (non-hydrogen) atoms. The van der Waals surface area contributed by atoms with E-state index in [1.54, 1.807) is 19.4 Å². The minimum Gasteiger partial charge on any atom is -0.504 e. The molecule has 0 aromatic carbocycles. The molecule has 0 atom stereocenters. The molecule has 0 N–H and O–H groups in total. The van der Waals surface area contributed by atoms with Crippen LogP contribution in [0.25, 0.3) is 6.08 Å². The van der Waals surface area contributed by atoms with Gasteiger partial charge in [-0.2, -0.15) is 0 Å². The van der Waals surface area contributed by atoms with Gasteiger partial charge >= 0.3 is 0 Å². The van der Waals surface area contributed by atoms with Crippen molar-refractivity contribution >= 4 is 39.6 Å². The Morgan fingerprint density at radius 2 is 2.42 bits per heavy atom. The van der Waals surface area contributed by atoms with Crippen LogP contribution in [0.5, 0.6) is 0 Å². The summed E-state index contributed by atoms with van der Waals surface area (Å²) >= 11 is 4.75. The fourth-order valence-electron chi connectivity index (χ4n) is 0.703. The Bertz CT molecular complexity index is 304. The molecule has 1 aromatic rings. The molecule has 0 aliphatic rings. The Morgan fingerprint density at radius 1 is 1.67 bits per heavy atom. The highest BCUT2D eigenvalue weighted by Crippen LogP contribution is 2.27. The summed E-state index contributed by atoms with van der Waals surface area (Å²) in [5, 5.41) is 0. The predicted octanol–water partition coefficient (Wildman–Crippen LogP) is 2.94. The van der Waals surface area contributed by atoms with E-state index in [0.717, 1.165) is 15.6 Å². The third-order valence-corrected chi connectivity index (χ3v) is 3.15. The maximum absolute atomic E-state index is 10.4. The number of carbonyl (C=O) groups excluding carboxylic acids is 1. The molecule has 0 saturated heterocycles. The molecule has 2 nitrogen and oxygen atoms in total. The van der Waals surface area contributed by atoms with Crippen molar-refractivity contribution < 1.29 is 9.53 Å². The van der Waals surface area contributed by atoms with Crippen LogP contribution in [0.4, 0.5) is 0 Å². The van der Waals surface area contributed by atoms with Crippen LogP contribution in [0.3, 0.4) is 0 Å². The summed E-state index contributed by atoms with van der Waals surface area (Å²) in [7, 11) is 1.58. The number of halogens is 1. The fourth-order valence-corrected chi connectivity index (χ4v) is 2.23. The van der Waals surface area contributed by atoms with Crippen molar-refractivity contribution in [2.75, 3.05) is 7.11 Å². The summed E-state index contributed by atoms with van der Waals surface area (Å²) in [5.74, 6) is 0. The Balaban J connectivity index is 2.91. The first-order valence-corrected chi connectivity index (χ1v) is 4.82. The number of carbonyl (C=O) groups is 1. The predicted molar refractivity (Wildman–Crippen MR) is 53.4 cm³/mol. The smallest absolute Gasteiger partial charge is 0.160 e. The van der Waals surface area contributed by atoms with Crippen molar-refractivity contribution in [2.24, 2.45) is 0 Å². The summed E-state index contributed by atoms with van der Waals surface area (Å²) in [6.45, 7) is 0. The van der Waals surface area contributed by atoms with E-state index in [9.17, 15) is 4.79 Å². The fraction of sp³-hybridized carbons (Fsp3) is 0.125. The van der Waals surface area contributed by atoms with Gasteiger partial charge in [0.25, 0.3) is 0 Å². The van der Waals surface area contributed by atoms with Crippen molar-refractivity contribution in [1.82, 2.24) is 0 Å². The average molecular weight is 247 g/mol. The summed E-state index contributed by atoms with van der Waals surface area (Å²) in [6.07, 6.45) is 4.21. The second kappa shape index (κ2) is 4.42. The highest BCUT2D eigenvalue weighted by atomic mass is 79.9. The highest BCUT2D eigenvalue weighted by Gasteiger charge is 2.02. The average Bonchev–Trinajstić information content (AvgIpc) is 2.43. The maximum Gasteiger partial charge on any atom is 0.160 e. The molecule has 0 saturated carbocycles. The largest absolute Gasteiger partial charge is 0.504 e.